The van der Waals surface area contributed by atoms with Gasteiger partial charge in [0.05, 0.1) is 0 Å². The molecule has 0 saturated carbocycles. The number of nitrogens with zero attached hydrogens (tertiary/aromatic N) is 3. The van der Waals surface area contributed by atoms with Crippen molar-refractivity contribution in [2.24, 2.45) is 0 Å². The molecule has 3 heterocycles. The van der Waals surface area contributed by atoms with E-state index in [0.29, 0.717) is 0 Å². The highest BCUT2D eigenvalue weighted by Gasteiger charge is 2.23. The zero-order valence-electron chi connectivity index (χ0n) is 14.8. The maximum Gasteiger partial charge on any atom is 0.254 e. The summed E-state index contributed by atoms with van der Waals surface area (Å²) in [6.45, 7) is 4.34. The smallest absolute Gasteiger partial charge is 0.254 e. The third kappa shape index (κ3) is 3.86. The van der Waals surface area contributed by atoms with Crippen LogP contribution in [0, 0.1) is 0 Å². The molecule has 0 radical (unpaired) electrons. The Kier molecular flexibility index (Phi) is 5.41. The predicted molar refractivity (Wildman–Crippen MR) is 107 cm³/mol. The minimum Gasteiger partial charge on any atom is -0.353 e. The lowest BCUT2D eigenvalue weighted by atomic mass is 10.0. The van der Waals surface area contributed by atoms with E-state index in [1.54, 1.807) is 6.20 Å². The Hall–Kier alpha value is -2.05. The van der Waals surface area contributed by atoms with Crippen LogP contribution in [-0.2, 0) is 0 Å². The summed E-state index contributed by atoms with van der Waals surface area (Å²) in [7, 11) is 0. The number of hydrogen-bond acceptors (Lipinski definition) is 5. The van der Waals surface area contributed by atoms with Crippen LogP contribution in [0.3, 0.4) is 0 Å². The molecule has 2 aromatic rings. The first-order valence-corrected chi connectivity index (χ1v) is 10.3. The van der Waals surface area contributed by atoms with Crippen LogP contribution in [0.2, 0.25) is 0 Å². The Balaban J connectivity index is 1.49. The lowest BCUT2D eigenvalue weighted by Gasteiger charge is -2.35. The third-order valence-corrected chi connectivity index (χ3v) is 5.93. The highest BCUT2D eigenvalue weighted by molar-refractivity contribution is 7.99. The minimum absolute atomic E-state index is 0.128. The van der Waals surface area contributed by atoms with Crippen LogP contribution in [0.15, 0.2) is 48.7 Å². The SMILES string of the molecule is O=C(c1ccnc(N2CCN[C@@H](c3ccccc3)C2)c1)N1CCSCC1. The molecule has 2 aliphatic heterocycles. The van der Waals surface area contributed by atoms with E-state index >= 15 is 0 Å². The molecular formula is C20H24N4OS. The summed E-state index contributed by atoms with van der Waals surface area (Å²) in [4.78, 5) is 21.6. The Bertz CT molecular complexity index is 748. The zero-order chi connectivity index (χ0) is 17.8. The van der Waals surface area contributed by atoms with Gasteiger partial charge in [-0.1, -0.05) is 30.3 Å². The number of amides is 1. The minimum atomic E-state index is 0.128. The van der Waals surface area contributed by atoms with Crippen molar-refractivity contribution in [2.45, 2.75) is 6.04 Å². The van der Waals surface area contributed by atoms with Gasteiger partial charge in [0.15, 0.2) is 0 Å². The van der Waals surface area contributed by atoms with Gasteiger partial charge in [-0.15, -0.1) is 0 Å². The lowest BCUT2D eigenvalue weighted by Crippen LogP contribution is -2.46. The number of nitrogens with one attached hydrogen (secondary N) is 1. The molecule has 1 amide bonds. The molecule has 4 rings (SSSR count). The van der Waals surface area contributed by atoms with Gasteiger partial charge in [-0.2, -0.15) is 11.8 Å². The fraction of sp³-hybridized carbons (Fsp3) is 0.400. The number of aromatic nitrogens is 1. The standard InChI is InChI=1S/C20H24N4OS/c25-20(23-10-12-26-13-11-23)17-6-7-22-19(14-17)24-9-8-21-18(15-24)16-4-2-1-3-5-16/h1-7,14,18,21H,8-13,15H2/t18-/m1/s1. The van der Waals surface area contributed by atoms with Crippen molar-refractivity contribution in [1.29, 1.82) is 0 Å². The van der Waals surface area contributed by atoms with Gasteiger partial charge in [0, 0.05) is 62.0 Å². The average molecular weight is 369 g/mol. The van der Waals surface area contributed by atoms with Crippen LogP contribution in [-0.4, -0.2) is 60.0 Å². The summed E-state index contributed by atoms with van der Waals surface area (Å²) in [6.07, 6.45) is 1.76. The molecule has 2 aliphatic rings. The van der Waals surface area contributed by atoms with Crippen LogP contribution in [0.1, 0.15) is 22.0 Å². The van der Waals surface area contributed by atoms with Crippen LogP contribution < -0.4 is 10.2 Å². The van der Waals surface area contributed by atoms with Gasteiger partial charge < -0.3 is 15.1 Å². The Morgan fingerprint density at radius 2 is 1.92 bits per heavy atom. The lowest BCUT2D eigenvalue weighted by molar-refractivity contribution is 0.0772. The van der Waals surface area contributed by atoms with Crippen molar-refractivity contribution in [3.05, 3.63) is 59.8 Å². The first kappa shape index (κ1) is 17.4. The number of anilines is 1. The van der Waals surface area contributed by atoms with Crippen molar-refractivity contribution in [3.63, 3.8) is 0 Å². The summed E-state index contributed by atoms with van der Waals surface area (Å²) in [5, 5.41) is 3.58. The van der Waals surface area contributed by atoms with Gasteiger partial charge in [-0.25, -0.2) is 4.98 Å². The topological polar surface area (TPSA) is 48.5 Å². The highest BCUT2D eigenvalue weighted by Crippen LogP contribution is 2.22. The van der Waals surface area contributed by atoms with Crippen molar-refractivity contribution in [3.8, 4) is 0 Å². The van der Waals surface area contributed by atoms with Crippen LogP contribution in [0.5, 0.6) is 0 Å². The Morgan fingerprint density at radius 1 is 1.12 bits per heavy atom. The second-order valence-corrected chi connectivity index (χ2v) is 7.90. The molecule has 1 N–H and O–H groups in total. The first-order valence-electron chi connectivity index (χ1n) is 9.17. The molecular weight excluding hydrogens is 344 g/mol. The number of hydrogen-bond donors (Lipinski definition) is 1. The monoisotopic (exact) mass is 368 g/mol. The molecule has 1 aromatic heterocycles. The molecule has 1 aromatic carbocycles. The second-order valence-electron chi connectivity index (χ2n) is 6.67. The number of thioether (sulfide) groups is 1. The normalized spacial score (nSPS) is 20.8. The van der Waals surface area contributed by atoms with Gasteiger partial charge in [0.2, 0.25) is 0 Å². The molecule has 5 nitrogen and oxygen atoms in total. The summed E-state index contributed by atoms with van der Waals surface area (Å²) in [5.41, 5.74) is 2.03. The Morgan fingerprint density at radius 3 is 2.73 bits per heavy atom. The van der Waals surface area contributed by atoms with E-state index < -0.39 is 0 Å². The molecule has 2 saturated heterocycles. The first-order chi connectivity index (χ1) is 12.8. The number of rotatable bonds is 3. The highest BCUT2D eigenvalue weighted by atomic mass is 32.2. The van der Waals surface area contributed by atoms with E-state index in [0.717, 1.165) is 55.6 Å². The fourth-order valence-electron chi connectivity index (χ4n) is 3.54. The molecule has 26 heavy (non-hydrogen) atoms. The van der Waals surface area contributed by atoms with Crippen LogP contribution in [0.25, 0.3) is 0 Å². The van der Waals surface area contributed by atoms with Gasteiger partial charge in [0.25, 0.3) is 5.91 Å². The van der Waals surface area contributed by atoms with Gasteiger partial charge in [0.1, 0.15) is 5.82 Å². The second kappa shape index (κ2) is 8.10. The van der Waals surface area contributed by atoms with Gasteiger partial charge in [-0.3, -0.25) is 4.79 Å². The largest absolute Gasteiger partial charge is 0.353 e. The van der Waals surface area contributed by atoms with E-state index in [9.17, 15) is 4.79 Å². The van der Waals surface area contributed by atoms with Crippen molar-refractivity contribution in [1.82, 2.24) is 15.2 Å². The number of pyridine rings is 1. The number of carbonyl (C=O) groups excluding carboxylic acids is 1. The molecule has 136 valence electrons. The van der Waals surface area contributed by atoms with Gasteiger partial charge in [-0.05, 0) is 17.7 Å². The summed E-state index contributed by atoms with van der Waals surface area (Å²) in [5.74, 6) is 3.08. The summed E-state index contributed by atoms with van der Waals surface area (Å²) >= 11 is 1.91. The van der Waals surface area contributed by atoms with E-state index in [-0.39, 0.29) is 11.9 Å². The van der Waals surface area contributed by atoms with Crippen LogP contribution >= 0.6 is 11.8 Å². The molecule has 6 heteroatoms. The Labute approximate surface area is 158 Å². The zero-order valence-corrected chi connectivity index (χ0v) is 15.6. The molecule has 1 atom stereocenters. The molecule has 0 bridgehead atoms. The van der Waals surface area contributed by atoms with E-state index in [2.05, 4.69) is 39.5 Å². The average Bonchev–Trinajstić information content (AvgIpc) is 2.75. The third-order valence-electron chi connectivity index (χ3n) is 4.99. The van der Waals surface area contributed by atoms with E-state index in [4.69, 9.17) is 0 Å². The summed E-state index contributed by atoms with van der Waals surface area (Å²) in [6, 6.07) is 14.6. The van der Waals surface area contributed by atoms with Crippen molar-refractivity contribution in [2.75, 3.05) is 49.1 Å². The molecule has 0 unspecified atom stereocenters. The number of piperazine rings is 1. The maximum absolute atomic E-state index is 12.8. The number of benzene rings is 1. The van der Waals surface area contributed by atoms with E-state index in [1.165, 1.54) is 5.56 Å². The molecule has 0 aliphatic carbocycles. The number of carbonyl (C=O) groups is 1. The van der Waals surface area contributed by atoms with Crippen LogP contribution in [0.4, 0.5) is 5.82 Å². The van der Waals surface area contributed by atoms with Gasteiger partial charge >= 0.3 is 0 Å². The summed E-state index contributed by atoms with van der Waals surface area (Å²) < 4.78 is 0. The predicted octanol–water partition coefficient (Wildman–Crippen LogP) is 2.42. The van der Waals surface area contributed by atoms with E-state index in [1.807, 2.05) is 34.9 Å². The molecule has 0 spiro atoms. The quantitative estimate of drug-likeness (QED) is 0.902. The molecule has 2 fully saturated rings. The van der Waals surface area contributed by atoms with Crippen molar-refractivity contribution >= 4 is 23.5 Å². The maximum atomic E-state index is 12.8. The van der Waals surface area contributed by atoms with Crippen molar-refractivity contribution < 1.29 is 4.79 Å². The fourth-order valence-corrected chi connectivity index (χ4v) is 4.44.